The maximum atomic E-state index is 12.7. The van der Waals surface area contributed by atoms with Crippen molar-refractivity contribution in [2.45, 2.75) is 31.5 Å². The Kier molecular flexibility index (Phi) is 9.31. The highest BCUT2D eigenvalue weighted by Gasteiger charge is 2.44. The Morgan fingerprint density at radius 1 is 1.26 bits per heavy atom. The van der Waals surface area contributed by atoms with Gasteiger partial charge in [0, 0.05) is 33.1 Å². The zero-order valence-electron chi connectivity index (χ0n) is 17.6. The standard InChI is InChI=1S/C18H29N3O10/c1-4-29-10-18(8-27-2,9-28-3)16(25)31-20-12-5-6-21(17(26)19-12)15-14(24)13(23)11(7-22)30-15/h5-6,11,13-15,22-24H,4,7-10H2,1-3H3,(H,19,20,26)/t11-,13-,14-,15-/m1/s1. The van der Waals surface area contributed by atoms with E-state index in [1.54, 1.807) is 6.92 Å². The Balaban J connectivity index is 2.10. The number of hydrogen-bond acceptors (Lipinski definition) is 12. The molecule has 0 amide bonds. The van der Waals surface area contributed by atoms with Gasteiger partial charge in [-0.25, -0.2) is 15.1 Å². The SMILES string of the molecule is CCOCC(COC)(COC)C(=O)ONc1ccn([C@@H]2O[C@H](CO)[C@@H](O)[C@H]2O)c(=O)n1. The second-order valence-corrected chi connectivity index (χ2v) is 7.01. The highest BCUT2D eigenvalue weighted by Crippen LogP contribution is 2.28. The molecule has 1 saturated heterocycles. The number of aromatic nitrogens is 2. The predicted molar refractivity (Wildman–Crippen MR) is 104 cm³/mol. The number of ether oxygens (including phenoxy) is 4. The average molecular weight is 447 g/mol. The number of hydrogen-bond donors (Lipinski definition) is 4. The summed E-state index contributed by atoms with van der Waals surface area (Å²) in [6.45, 7) is 1.56. The monoisotopic (exact) mass is 447 g/mol. The summed E-state index contributed by atoms with van der Waals surface area (Å²) >= 11 is 0. The number of carbonyl (C=O) groups is 1. The minimum absolute atomic E-state index is 0.00796. The van der Waals surface area contributed by atoms with Crippen LogP contribution in [0.1, 0.15) is 13.2 Å². The summed E-state index contributed by atoms with van der Waals surface area (Å²) in [5.41, 5.74) is 0.228. The molecule has 2 rings (SSSR count). The molecule has 1 aliphatic rings. The van der Waals surface area contributed by atoms with E-state index in [1.165, 1.54) is 26.5 Å². The predicted octanol–water partition coefficient (Wildman–Crippen LogP) is -1.96. The van der Waals surface area contributed by atoms with Gasteiger partial charge in [0.1, 0.15) is 23.7 Å². The summed E-state index contributed by atoms with van der Waals surface area (Å²) in [6, 6.07) is 1.31. The molecule has 1 aromatic rings. The molecule has 13 nitrogen and oxygen atoms in total. The normalized spacial score (nSPS) is 23.7. The summed E-state index contributed by atoms with van der Waals surface area (Å²) in [7, 11) is 2.85. The molecule has 4 N–H and O–H groups in total. The fourth-order valence-corrected chi connectivity index (χ4v) is 3.13. The van der Waals surface area contributed by atoms with Crippen molar-refractivity contribution < 1.29 is 43.9 Å². The number of nitrogens with zero attached hydrogens (tertiary/aromatic N) is 2. The van der Waals surface area contributed by atoms with Crippen molar-refractivity contribution in [3.63, 3.8) is 0 Å². The second kappa shape index (κ2) is 11.5. The third kappa shape index (κ3) is 5.77. The van der Waals surface area contributed by atoms with E-state index >= 15 is 0 Å². The molecule has 0 radical (unpaired) electrons. The van der Waals surface area contributed by atoms with Gasteiger partial charge in [-0.1, -0.05) is 0 Å². The van der Waals surface area contributed by atoms with Crippen LogP contribution in [-0.4, -0.2) is 96.4 Å². The van der Waals surface area contributed by atoms with E-state index in [2.05, 4.69) is 10.5 Å². The minimum Gasteiger partial charge on any atom is -0.394 e. The van der Waals surface area contributed by atoms with Crippen LogP contribution < -0.4 is 11.2 Å². The summed E-state index contributed by atoms with van der Waals surface area (Å²) in [6.07, 6.45) is -3.82. The zero-order valence-corrected chi connectivity index (χ0v) is 17.6. The molecule has 0 aliphatic carbocycles. The number of aliphatic hydroxyl groups excluding tert-OH is 3. The molecule has 1 aromatic heterocycles. The van der Waals surface area contributed by atoms with Crippen LogP contribution in [0, 0.1) is 5.41 Å². The molecule has 0 bridgehead atoms. The lowest BCUT2D eigenvalue weighted by molar-refractivity contribution is -0.166. The summed E-state index contributed by atoms with van der Waals surface area (Å²) < 4.78 is 21.9. The Bertz CT molecular complexity index is 767. The van der Waals surface area contributed by atoms with Crippen molar-refractivity contribution in [3.05, 3.63) is 22.7 Å². The van der Waals surface area contributed by atoms with Gasteiger partial charge in [-0.2, -0.15) is 4.98 Å². The van der Waals surface area contributed by atoms with E-state index in [-0.39, 0.29) is 25.6 Å². The van der Waals surface area contributed by atoms with Gasteiger partial charge in [-0.05, 0) is 6.92 Å². The van der Waals surface area contributed by atoms with Crippen molar-refractivity contribution in [2.24, 2.45) is 5.41 Å². The van der Waals surface area contributed by atoms with E-state index in [0.717, 1.165) is 4.57 Å². The van der Waals surface area contributed by atoms with E-state index in [9.17, 15) is 19.8 Å². The van der Waals surface area contributed by atoms with Gasteiger partial charge in [-0.15, -0.1) is 0 Å². The van der Waals surface area contributed by atoms with E-state index in [4.69, 9.17) is 28.9 Å². The molecule has 1 aliphatic heterocycles. The summed E-state index contributed by atoms with van der Waals surface area (Å²) in [5.74, 6) is -0.819. The van der Waals surface area contributed by atoms with Crippen LogP contribution in [0.15, 0.2) is 17.1 Å². The van der Waals surface area contributed by atoms with E-state index in [1.807, 2.05) is 0 Å². The topological polar surface area (TPSA) is 171 Å². The van der Waals surface area contributed by atoms with Crippen LogP contribution in [0.5, 0.6) is 0 Å². The van der Waals surface area contributed by atoms with Gasteiger partial charge in [-0.3, -0.25) is 4.57 Å². The largest absolute Gasteiger partial charge is 0.394 e. The fraction of sp³-hybridized carbons (Fsp3) is 0.722. The summed E-state index contributed by atoms with van der Waals surface area (Å²) in [4.78, 5) is 33.9. The lowest BCUT2D eigenvalue weighted by Gasteiger charge is -2.29. The van der Waals surface area contributed by atoms with Gasteiger partial charge in [0.2, 0.25) is 0 Å². The van der Waals surface area contributed by atoms with Crippen LogP contribution in [0.4, 0.5) is 5.82 Å². The third-order valence-corrected chi connectivity index (χ3v) is 4.73. The van der Waals surface area contributed by atoms with Gasteiger partial charge in [0.15, 0.2) is 12.0 Å². The van der Waals surface area contributed by atoms with Crippen molar-refractivity contribution in [1.82, 2.24) is 9.55 Å². The molecule has 0 aromatic carbocycles. The van der Waals surface area contributed by atoms with Crippen LogP contribution in [0.3, 0.4) is 0 Å². The first kappa shape index (κ1) is 25.1. The number of rotatable bonds is 12. The van der Waals surface area contributed by atoms with Crippen LogP contribution in [0.25, 0.3) is 0 Å². The molecule has 0 unspecified atom stereocenters. The molecule has 4 atom stereocenters. The molecule has 1 fully saturated rings. The Labute approximate surface area is 178 Å². The highest BCUT2D eigenvalue weighted by atomic mass is 16.7. The molecule has 176 valence electrons. The zero-order chi connectivity index (χ0) is 23.0. The molecular weight excluding hydrogens is 418 g/mol. The quantitative estimate of drug-likeness (QED) is 0.261. The van der Waals surface area contributed by atoms with E-state index in [0.29, 0.717) is 6.61 Å². The molecular formula is C18H29N3O10. The van der Waals surface area contributed by atoms with Crippen molar-refractivity contribution >= 4 is 11.8 Å². The maximum Gasteiger partial charge on any atom is 0.351 e. The molecule has 31 heavy (non-hydrogen) atoms. The number of anilines is 1. The molecule has 2 heterocycles. The number of carbonyl (C=O) groups excluding carboxylic acids is 1. The Morgan fingerprint density at radius 3 is 2.45 bits per heavy atom. The number of nitrogens with one attached hydrogen (secondary N) is 1. The highest BCUT2D eigenvalue weighted by molar-refractivity contribution is 5.78. The first-order chi connectivity index (χ1) is 14.8. The fourth-order valence-electron chi connectivity index (χ4n) is 3.13. The van der Waals surface area contributed by atoms with Gasteiger partial charge in [0.25, 0.3) is 0 Å². The Morgan fingerprint density at radius 2 is 1.94 bits per heavy atom. The lowest BCUT2D eigenvalue weighted by atomic mass is 9.91. The van der Waals surface area contributed by atoms with Crippen LogP contribution in [-0.2, 0) is 28.6 Å². The number of methoxy groups -OCH3 is 2. The van der Waals surface area contributed by atoms with Crippen molar-refractivity contribution in [1.29, 1.82) is 0 Å². The van der Waals surface area contributed by atoms with Crippen LogP contribution in [0.2, 0.25) is 0 Å². The molecule has 13 heteroatoms. The van der Waals surface area contributed by atoms with Gasteiger partial charge >= 0.3 is 11.7 Å². The number of aliphatic hydroxyl groups is 3. The molecule has 0 spiro atoms. The van der Waals surface area contributed by atoms with E-state index < -0.39 is 48.2 Å². The van der Waals surface area contributed by atoms with Gasteiger partial charge < -0.3 is 39.1 Å². The third-order valence-electron chi connectivity index (χ3n) is 4.73. The smallest absolute Gasteiger partial charge is 0.351 e. The minimum atomic E-state index is -1.43. The van der Waals surface area contributed by atoms with Crippen molar-refractivity contribution in [3.8, 4) is 0 Å². The molecule has 0 saturated carbocycles. The summed E-state index contributed by atoms with van der Waals surface area (Å²) in [5, 5.41) is 29.0. The van der Waals surface area contributed by atoms with Crippen LogP contribution >= 0.6 is 0 Å². The lowest BCUT2D eigenvalue weighted by Crippen LogP contribution is -2.46. The first-order valence-corrected chi connectivity index (χ1v) is 9.58. The van der Waals surface area contributed by atoms with Crippen molar-refractivity contribution in [2.75, 3.05) is 52.7 Å². The Hall–Kier alpha value is -2.13. The maximum absolute atomic E-state index is 12.7. The second-order valence-electron chi connectivity index (χ2n) is 7.01. The average Bonchev–Trinajstić information content (AvgIpc) is 3.04. The van der Waals surface area contributed by atoms with Gasteiger partial charge in [0.05, 0.1) is 26.4 Å². The first-order valence-electron chi connectivity index (χ1n) is 9.58.